The van der Waals surface area contributed by atoms with Gasteiger partial charge in [0.2, 0.25) is 0 Å². The number of aromatic nitrogens is 2. The fourth-order valence-electron chi connectivity index (χ4n) is 2.28. The molecule has 3 aromatic rings. The Kier molecular flexibility index (Phi) is 4.16. The maximum atomic E-state index is 13.6. The molecule has 3 rings (SSSR count). The molecule has 0 aliphatic carbocycles. The molecule has 0 fully saturated rings. The molecule has 0 spiro atoms. The molecule has 6 heteroatoms. The van der Waals surface area contributed by atoms with Crippen molar-refractivity contribution in [2.45, 2.75) is 13.8 Å². The molecule has 4 nitrogen and oxygen atoms in total. The molecule has 0 unspecified atom stereocenters. The van der Waals surface area contributed by atoms with E-state index < -0.39 is 11.7 Å². The number of pyridine rings is 1. The van der Waals surface area contributed by atoms with Crippen LogP contribution in [0.3, 0.4) is 0 Å². The van der Waals surface area contributed by atoms with E-state index in [0.717, 1.165) is 23.0 Å². The minimum absolute atomic E-state index is 0.0525. The van der Waals surface area contributed by atoms with E-state index in [1.807, 2.05) is 31.4 Å². The molecule has 0 bridgehead atoms. The van der Waals surface area contributed by atoms with Gasteiger partial charge in [-0.1, -0.05) is 23.8 Å². The molecular formula is C17H14FN3OS. The molecule has 1 amide bonds. The largest absolute Gasteiger partial charge is 0.298 e. The lowest BCUT2D eigenvalue weighted by molar-refractivity contribution is 0.102. The highest BCUT2D eigenvalue weighted by atomic mass is 32.1. The zero-order chi connectivity index (χ0) is 16.4. The van der Waals surface area contributed by atoms with E-state index in [-0.39, 0.29) is 5.56 Å². The number of carbonyl (C=O) groups excluding carboxylic acids is 1. The molecule has 1 N–H and O–H groups in total. The number of nitrogens with one attached hydrogen (secondary N) is 1. The molecular weight excluding hydrogens is 313 g/mol. The summed E-state index contributed by atoms with van der Waals surface area (Å²) >= 11 is 1.31. The molecule has 0 saturated heterocycles. The first-order valence-corrected chi connectivity index (χ1v) is 7.86. The smallest absolute Gasteiger partial charge is 0.260 e. The lowest BCUT2D eigenvalue weighted by Crippen LogP contribution is -2.13. The van der Waals surface area contributed by atoms with Crippen LogP contribution < -0.4 is 5.32 Å². The molecule has 116 valence electrons. The Morgan fingerprint density at radius 3 is 2.83 bits per heavy atom. The third-order valence-electron chi connectivity index (χ3n) is 3.40. The van der Waals surface area contributed by atoms with Gasteiger partial charge in [-0.3, -0.25) is 15.1 Å². The number of anilines is 1. The first-order chi connectivity index (χ1) is 11.0. The zero-order valence-electron chi connectivity index (χ0n) is 12.6. The van der Waals surface area contributed by atoms with E-state index in [0.29, 0.717) is 5.13 Å². The van der Waals surface area contributed by atoms with Crippen molar-refractivity contribution >= 4 is 22.4 Å². The van der Waals surface area contributed by atoms with Crippen LogP contribution in [-0.2, 0) is 0 Å². The summed E-state index contributed by atoms with van der Waals surface area (Å²) in [7, 11) is 0. The second kappa shape index (κ2) is 6.26. The highest BCUT2D eigenvalue weighted by Crippen LogP contribution is 2.28. The summed E-state index contributed by atoms with van der Waals surface area (Å²) in [6.45, 7) is 4.05. The third kappa shape index (κ3) is 3.27. The number of benzene rings is 1. The van der Waals surface area contributed by atoms with Gasteiger partial charge in [0.05, 0.1) is 17.5 Å². The lowest BCUT2D eigenvalue weighted by atomic mass is 10.0. The molecule has 0 radical (unpaired) electrons. The number of hydrogen-bond donors (Lipinski definition) is 1. The number of carbonyl (C=O) groups is 1. The van der Waals surface area contributed by atoms with Gasteiger partial charge in [-0.2, -0.15) is 0 Å². The Labute approximate surface area is 137 Å². The van der Waals surface area contributed by atoms with Crippen LogP contribution >= 0.6 is 11.3 Å². The summed E-state index contributed by atoms with van der Waals surface area (Å²) in [5, 5.41) is 4.92. The van der Waals surface area contributed by atoms with Crippen LogP contribution in [-0.4, -0.2) is 15.9 Å². The van der Waals surface area contributed by atoms with Gasteiger partial charge in [0.15, 0.2) is 10.9 Å². The van der Waals surface area contributed by atoms with Crippen LogP contribution in [0, 0.1) is 19.7 Å². The van der Waals surface area contributed by atoms with Crippen LogP contribution in [0.2, 0.25) is 0 Å². The normalized spacial score (nSPS) is 10.6. The van der Waals surface area contributed by atoms with Crippen LogP contribution in [0.1, 0.15) is 21.5 Å². The van der Waals surface area contributed by atoms with Crippen molar-refractivity contribution in [3.8, 4) is 11.3 Å². The molecule has 23 heavy (non-hydrogen) atoms. The van der Waals surface area contributed by atoms with E-state index in [2.05, 4.69) is 21.4 Å². The molecule has 2 aromatic heterocycles. The van der Waals surface area contributed by atoms with Gasteiger partial charge in [0.1, 0.15) is 0 Å². The first-order valence-electron chi connectivity index (χ1n) is 6.98. The monoisotopic (exact) mass is 327 g/mol. The minimum atomic E-state index is -0.656. The Morgan fingerprint density at radius 1 is 1.26 bits per heavy atom. The van der Waals surface area contributed by atoms with E-state index in [1.165, 1.54) is 29.2 Å². The number of rotatable bonds is 3. The Balaban J connectivity index is 1.82. The number of amides is 1. The van der Waals surface area contributed by atoms with Gasteiger partial charge in [0.25, 0.3) is 5.91 Å². The lowest BCUT2D eigenvalue weighted by Gasteiger charge is -2.04. The molecule has 0 aliphatic rings. The van der Waals surface area contributed by atoms with Gasteiger partial charge < -0.3 is 0 Å². The van der Waals surface area contributed by atoms with Crippen molar-refractivity contribution in [2.75, 3.05) is 5.32 Å². The zero-order valence-corrected chi connectivity index (χ0v) is 13.4. The van der Waals surface area contributed by atoms with Gasteiger partial charge in [0, 0.05) is 17.1 Å². The van der Waals surface area contributed by atoms with Gasteiger partial charge in [-0.15, -0.1) is 11.3 Å². The predicted molar refractivity (Wildman–Crippen MR) is 89.2 cm³/mol. The summed E-state index contributed by atoms with van der Waals surface area (Å²) < 4.78 is 13.6. The molecule has 0 saturated carbocycles. The fourth-order valence-corrected chi connectivity index (χ4v) is 2.99. The minimum Gasteiger partial charge on any atom is -0.298 e. The SMILES string of the molecule is Cc1ccc(-c2csc(NC(=O)c3ccncc3F)n2)c(C)c1. The average Bonchev–Trinajstić information content (AvgIpc) is 2.95. The standard InChI is InChI=1S/C17H14FN3OS/c1-10-3-4-12(11(2)7-10)15-9-23-17(20-15)21-16(22)13-5-6-19-8-14(13)18/h3-9H,1-2H3,(H,20,21,22). The second-order valence-corrected chi connectivity index (χ2v) is 6.02. The Hall–Kier alpha value is -2.60. The van der Waals surface area contributed by atoms with Gasteiger partial charge >= 0.3 is 0 Å². The molecule has 0 atom stereocenters. The number of nitrogens with zero attached hydrogens (tertiary/aromatic N) is 2. The van der Waals surface area contributed by atoms with Crippen molar-refractivity contribution in [3.05, 3.63) is 64.5 Å². The van der Waals surface area contributed by atoms with E-state index in [9.17, 15) is 9.18 Å². The summed E-state index contributed by atoms with van der Waals surface area (Å²) in [5.41, 5.74) is 4.06. The van der Waals surface area contributed by atoms with Crippen molar-refractivity contribution in [1.82, 2.24) is 9.97 Å². The number of aryl methyl sites for hydroxylation is 2. The highest BCUT2D eigenvalue weighted by Gasteiger charge is 2.14. The summed E-state index contributed by atoms with van der Waals surface area (Å²) in [6.07, 6.45) is 2.39. The van der Waals surface area contributed by atoms with Gasteiger partial charge in [-0.25, -0.2) is 9.37 Å². The average molecular weight is 327 g/mol. The van der Waals surface area contributed by atoms with Crippen molar-refractivity contribution < 1.29 is 9.18 Å². The number of hydrogen-bond acceptors (Lipinski definition) is 4. The van der Waals surface area contributed by atoms with Crippen LogP contribution in [0.15, 0.2) is 42.0 Å². The van der Waals surface area contributed by atoms with Crippen LogP contribution in [0.25, 0.3) is 11.3 Å². The van der Waals surface area contributed by atoms with Crippen LogP contribution in [0.5, 0.6) is 0 Å². The Morgan fingerprint density at radius 2 is 2.09 bits per heavy atom. The second-order valence-electron chi connectivity index (χ2n) is 5.17. The predicted octanol–water partition coefficient (Wildman–Crippen LogP) is 4.21. The molecule has 0 aliphatic heterocycles. The molecule has 2 heterocycles. The fraction of sp³-hybridized carbons (Fsp3) is 0.118. The quantitative estimate of drug-likeness (QED) is 0.784. The first kappa shape index (κ1) is 15.3. The van der Waals surface area contributed by atoms with Gasteiger partial charge in [-0.05, 0) is 25.5 Å². The van der Waals surface area contributed by atoms with Crippen molar-refractivity contribution in [3.63, 3.8) is 0 Å². The topological polar surface area (TPSA) is 54.9 Å². The maximum absolute atomic E-state index is 13.6. The highest BCUT2D eigenvalue weighted by molar-refractivity contribution is 7.14. The number of halogens is 1. The Bertz CT molecular complexity index is 876. The molecule has 1 aromatic carbocycles. The summed E-state index contributed by atoms with van der Waals surface area (Å²) in [5.74, 6) is -1.19. The van der Waals surface area contributed by atoms with E-state index in [4.69, 9.17) is 0 Å². The van der Waals surface area contributed by atoms with E-state index in [1.54, 1.807) is 0 Å². The van der Waals surface area contributed by atoms with Crippen LogP contribution in [0.4, 0.5) is 9.52 Å². The maximum Gasteiger partial charge on any atom is 0.260 e. The van der Waals surface area contributed by atoms with Crippen molar-refractivity contribution in [1.29, 1.82) is 0 Å². The van der Waals surface area contributed by atoms with Crippen molar-refractivity contribution in [2.24, 2.45) is 0 Å². The number of thiazole rings is 1. The van der Waals surface area contributed by atoms with E-state index >= 15 is 0 Å². The third-order valence-corrected chi connectivity index (χ3v) is 4.16. The summed E-state index contributed by atoms with van der Waals surface area (Å²) in [6, 6.07) is 7.45. The summed E-state index contributed by atoms with van der Waals surface area (Å²) in [4.78, 5) is 20.1.